The first-order valence-corrected chi connectivity index (χ1v) is 13.8. The second-order valence-corrected chi connectivity index (χ2v) is 9.48. The summed E-state index contributed by atoms with van der Waals surface area (Å²) in [6.07, 6.45) is 25.3. The van der Waals surface area contributed by atoms with Gasteiger partial charge in [0.2, 0.25) is 0 Å². The van der Waals surface area contributed by atoms with E-state index < -0.39 is 0 Å². The fourth-order valence-corrected chi connectivity index (χ4v) is 4.59. The maximum absolute atomic E-state index is 5.83. The number of hydrogen-bond donors (Lipinski definition) is 2. The third-order valence-corrected chi connectivity index (χ3v) is 6.55. The van der Waals surface area contributed by atoms with Gasteiger partial charge >= 0.3 is 0 Å². The summed E-state index contributed by atoms with van der Waals surface area (Å²) in [5.41, 5.74) is 5.19. The first-order chi connectivity index (χ1) is 16.8. The molecule has 0 amide bonds. The largest absolute Gasteiger partial charge is 0.492 e. The zero-order chi connectivity index (χ0) is 23.8. The molecule has 0 spiro atoms. The van der Waals surface area contributed by atoms with Gasteiger partial charge in [0.1, 0.15) is 11.5 Å². The number of hydrogen-bond acceptors (Lipinski definition) is 2. The average molecular weight is 464 g/mol. The molecule has 1 aliphatic rings. The first kappa shape index (κ1) is 26.1. The van der Waals surface area contributed by atoms with Crippen molar-refractivity contribution in [1.82, 2.24) is 9.97 Å². The lowest BCUT2D eigenvalue weighted by Gasteiger charge is -2.04. The molecule has 34 heavy (non-hydrogen) atoms. The molecule has 0 aliphatic carbocycles. The fraction of sp³-hybridized carbons (Fsp3) is 0.567. The SMILES string of the molecule is CCCCCCCCCCCCCCCc1ccc(C=C2N=C(c3ccc[nH]3)C=C2OCC)[nH]1. The molecule has 0 bridgehead atoms. The highest BCUT2D eigenvalue weighted by Gasteiger charge is 2.17. The molecule has 4 heteroatoms. The molecule has 0 saturated carbocycles. The Kier molecular flexibility index (Phi) is 11.8. The van der Waals surface area contributed by atoms with E-state index in [0.29, 0.717) is 6.61 Å². The molecular formula is C30H45N3O. The Morgan fingerprint density at radius 2 is 1.50 bits per heavy atom. The summed E-state index contributed by atoms with van der Waals surface area (Å²) in [5, 5.41) is 0. The van der Waals surface area contributed by atoms with E-state index in [1.54, 1.807) is 0 Å². The molecule has 0 saturated heterocycles. The van der Waals surface area contributed by atoms with E-state index in [4.69, 9.17) is 9.73 Å². The van der Waals surface area contributed by atoms with Crippen LogP contribution in [0.25, 0.3) is 6.08 Å². The van der Waals surface area contributed by atoms with Crippen LogP contribution in [0.2, 0.25) is 0 Å². The van der Waals surface area contributed by atoms with Crippen molar-refractivity contribution in [2.75, 3.05) is 6.61 Å². The van der Waals surface area contributed by atoms with Gasteiger partial charge in [0.05, 0.1) is 18.0 Å². The number of rotatable bonds is 18. The molecule has 2 aromatic rings. The van der Waals surface area contributed by atoms with Gasteiger partial charge in [-0.25, -0.2) is 4.99 Å². The van der Waals surface area contributed by atoms with Crippen molar-refractivity contribution in [2.45, 2.75) is 104 Å². The minimum atomic E-state index is 0.631. The molecule has 0 atom stereocenters. The predicted octanol–water partition coefficient (Wildman–Crippen LogP) is 8.74. The van der Waals surface area contributed by atoms with Gasteiger partial charge in [-0.2, -0.15) is 0 Å². The minimum absolute atomic E-state index is 0.631. The van der Waals surface area contributed by atoms with Gasteiger partial charge in [-0.3, -0.25) is 0 Å². The summed E-state index contributed by atoms with van der Waals surface area (Å²) in [6.45, 7) is 4.93. The maximum atomic E-state index is 5.83. The number of aryl methyl sites for hydroxylation is 1. The molecule has 1 aliphatic heterocycles. The Hall–Kier alpha value is -2.49. The van der Waals surface area contributed by atoms with E-state index in [0.717, 1.165) is 35.0 Å². The van der Waals surface area contributed by atoms with Gasteiger partial charge < -0.3 is 14.7 Å². The summed E-state index contributed by atoms with van der Waals surface area (Å²) in [7, 11) is 0. The smallest absolute Gasteiger partial charge is 0.147 e. The molecule has 0 fully saturated rings. The second-order valence-electron chi connectivity index (χ2n) is 9.48. The quantitative estimate of drug-likeness (QED) is 0.213. The highest BCUT2D eigenvalue weighted by atomic mass is 16.5. The molecule has 0 unspecified atom stereocenters. The van der Waals surface area contributed by atoms with E-state index in [1.807, 2.05) is 31.3 Å². The minimum Gasteiger partial charge on any atom is -0.492 e. The Labute approximate surface area is 207 Å². The van der Waals surface area contributed by atoms with Crippen LogP contribution in [0.3, 0.4) is 0 Å². The molecule has 186 valence electrons. The topological polar surface area (TPSA) is 53.2 Å². The Morgan fingerprint density at radius 1 is 0.824 bits per heavy atom. The van der Waals surface area contributed by atoms with Crippen LogP contribution < -0.4 is 0 Å². The molecule has 0 radical (unpaired) electrons. The van der Waals surface area contributed by atoms with Gasteiger partial charge in [-0.15, -0.1) is 0 Å². The number of nitrogens with zero attached hydrogens (tertiary/aromatic N) is 1. The molecule has 2 N–H and O–H groups in total. The summed E-state index contributed by atoms with van der Waals surface area (Å²) in [5.74, 6) is 0.833. The molecule has 2 aromatic heterocycles. The van der Waals surface area contributed by atoms with Crippen LogP contribution in [0.5, 0.6) is 0 Å². The van der Waals surface area contributed by atoms with Gasteiger partial charge in [-0.05, 0) is 50.1 Å². The van der Waals surface area contributed by atoms with E-state index in [-0.39, 0.29) is 0 Å². The van der Waals surface area contributed by atoms with Crippen LogP contribution in [-0.2, 0) is 11.2 Å². The Bertz CT molecular complexity index is 901. The second kappa shape index (κ2) is 15.4. The standard InChI is InChI=1S/C30H45N3O/c1-3-5-6-7-8-9-10-11-12-13-14-15-16-18-25-20-21-26(32-25)23-29-30(34-4-2)24-28(33-29)27-19-17-22-31-27/h17,19-24,31-32H,3-16,18H2,1-2H3. The molecule has 3 rings (SSSR count). The summed E-state index contributed by atoms with van der Waals surface area (Å²) >= 11 is 0. The average Bonchev–Trinajstić information content (AvgIpc) is 3.60. The summed E-state index contributed by atoms with van der Waals surface area (Å²) in [6, 6.07) is 8.38. The summed E-state index contributed by atoms with van der Waals surface area (Å²) in [4.78, 5) is 11.6. The lowest BCUT2D eigenvalue weighted by atomic mass is 10.0. The molecule has 3 heterocycles. The van der Waals surface area contributed by atoms with E-state index in [1.165, 1.54) is 89.2 Å². The van der Waals surface area contributed by atoms with Crippen LogP contribution in [0.4, 0.5) is 0 Å². The van der Waals surface area contributed by atoms with Crippen LogP contribution in [0.15, 0.2) is 53.0 Å². The summed E-state index contributed by atoms with van der Waals surface area (Å²) < 4.78 is 5.83. The van der Waals surface area contributed by atoms with E-state index in [9.17, 15) is 0 Å². The monoisotopic (exact) mass is 463 g/mol. The fourth-order valence-electron chi connectivity index (χ4n) is 4.59. The highest BCUT2D eigenvalue weighted by molar-refractivity contribution is 6.11. The number of aliphatic imine (C=N–C) groups is 1. The van der Waals surface area contributed by atoms with Crippen molar-refractivity contribution < 1.29 is 4.74 Å². The van der Waals surface area contributed by atoms with Crippen molar-refractivity contribution in [3.63, 3.8) is 0 Å². The number of H-pyrrole nitrogens is 2. The van der Waals surface area contributed by atoms with Gasteiger partial charge in [-0.1, -0.05) is 84.0 Å². The van der Waals surface area contributed by atoms with Gasteiger partial charge in [0.25, 0.3) is 0 Å². The zero-order valence-corrected chi connectivity index (χ0v) is 21.5. The lowest BCUT2D eigenvalue weighted by molar-refractivity contribution is 0.239. The van der Waals surface area contributed by atoms with Crippen LogP contribution in [0.1, 0.15) is 114 Å². The number of aromatic nitrogens is 2. The predicted molar refractivity (Wildman–Crippen MR) is 145 cm³/mol. The van der Waals surface area contributed by atoms with Gasteiger partial charge in [0, 0.05) is 23.7 Å². The lowest BCUT2D eigenvalue weighted by Crippen LogP contribution is -1.94. The number of aromatic amines is 2. The Morgan fingerprint density at radius 3 is 2.12 bits per heavy atom. The number of allylic oxidation sites excluding steroid dienone is 1. The zero-order valence-electron chi connectivity index (χ0n) is 21.5. The third-order valence-electron chi connectivity index (χ3n) is 6.55. The number of unbranched alkanes of at least 4 members (excludes halogenated alkanes) is 12. The van der Waals surface area contributed by atoms with Crippen molar-refractivity contribution in [1.29, 1.82) is 0 Å². The first-order valence-electron chi connectivity index (χ1n) is 13.8. The molecule has 0 aromatic carbocycles. The van der Waals surface area contributed by atoms with Crippen LogP contribution >= 0.6 is 0 Å². The van der Waals surface area contributed by atoms with Crippen LogP contribution in [-0.4, -0.2) is 22.3 Å². The van der Waals surface area contributed by atoms with E-state index >= 15 is 0 Å². The highest BCUT2D eigenvalue weighted by Crippen LogP contribution is 2.25. The van der Waals surface area contributed by atoms with Crippen molar-refractivity contribution in [3.8, 4) is 0 Å². The maximum Gasteiger partial charge on any atom is 0.147 e. The molecule has 4 nitrogen and oxygen atoms in total. The van der Waals surface area contributed by atoms with Crippen molar-refractivity contribution in [3.05, 3.63) is 65.1 Å². The van der Waals surface area contributed by atoms with Crippen molar-refractivity contribution >= 4 is 11.8 Å². The van der Waals surface area contributed by atoms with E-state index in [2.05, 4.69) is 35.1 Å². The van der Waals surface area contributed by atoms with Gasteiger partial charge in [0.15, 0.2) is 0 Å². The number of nitrogens with one attached hydrogen (secondary N) is 2. The molecular weight excluding hydrogens is 418 g/mol. The third kappa shape index (κ3) is 9.04. The number of ether oxygens (including phenoxy) is 1. The van der Waals surface area contributed by atoms with Crippen molar-refractivity contribution in [2.24, 2.45) is 4.99 Å². The van der Waals surface area contributed by atoms with Crippen LogP contribution in [0, 0.1) is 0 Å². The normalized spacial score (nSPS) is 14.6. The Balaban J connectivity index is 1.32.